The summed E-state index contributed by atoms with van der Waals surface area (Å²) in [6, 6.07) is 5.14. The molecule has 0 aliphatic heterocycles. The van der Waals surface area contributed by atoms with E-state index in [9.17, 15) is 9.90 Å². The Hall–Kier alpha value is -2.04. The summed E-state index contributed by atoms with van der Waals surface area (Å²) in [5.41, 5.74) is 2.95. The summed E-state index contributed by atoms with van der Waals surface area (Å²) in [5, 5.41) is 13.8. The number of nitrogens with zero attached hydrogens (tertiary/aromatic N) is 1. The smallest absolute Gasteiger partial charge is 0.240 e. The Morgan fingerprint density at radius 3 is 2.90 bits per heavy atom. The standard InChI is InChI=1S/C15H22N2O3/c1-3-5-6-10-14(18)17-16-11-12-8-7-9-13(15(12)19)20-4-2/h7-9,11,19H,3-6,10H2,1-2H3,(H,17,18)/b16-11+. The molecule has 110 valence electrons. The van der Waals surface area contributed by atoms with Crippen molar-refractivity contribution < 1.29 is 14.6 Å². The average molecular weight is 278 g/mol. The summed E-state index contributed by atoms with van der Waals surface area (Å²) >= 11 is 0. The first-order valence-corrected chi connectivity index (χ1v) is 6.95. The number of hydrogen-bond acceptors (Lipinski definition) is 4. The highest BCUT2D eigenvalue weighted by Crippen LogP contribution is 2.28. The minimum atomic E-state index is -0.116. The van der Waals surface area contributed by atoms with Crippen molar-refractivity contribution in [1.82, 2.24) is 5.43 Å². The largest absolute Gasteiger partial charge is 0.504 e. The van der Waals surface area contributed by atoms with Crippen molar-refractivity contribution in [3.63, 3.8) is 0 Å². The number of carbonyl (C=O) groups is 1. The highest BCUT2D eigenvalue weighted by atomic mass is 16.5. The fourth-order valence-electron chi connectivity index (χ4n) is 1.68. The first kappa shape index (κ1) is 16.0. The second kappa shape index (κ2) is 8.96. The van der Waals surface area contributed by atoms with E-state index in [1.807, 2.05) is 6.92 Å². The number of aromatic hydroxyl groups is 1. The van der Waals surface area contributed by atoms with E-state index in [0.717, 1.165) is 19.3 Å². The van der Waals surface area contributed by atoms with Gasteiger partial charge in [-0.2, -0.15) is 5.10 Å². The lowest BCUT2D eigenvalue weighted by Gasteiger charge is -2.07. The zero-order valence-electron chi connectivity index (χ0n) is 12.1. The predicted molar refractivity (Wildman–Crippen MR) is 79.2 cm³/mol. The lowest BCUT2D eigenvalue weighted by Crippen LogP contribution is -2.16. The molecule has 0 saturated heterocycles. The Bertz CT molecular complexity index is 458. The van der Waals surface area contributed by atoms with Crippen molar-refractivity contribution >= 4 is 12.1 Å². The Labute approximate surface area is 119 Å². The number of ether oxygens (including phenoxy) is 1. The van der Waals surface area contributed by atoms with Gasteiger partial charge in [0.15, 0.2) is 11.5 Å². The molecular formula is C15H22N2O3. The number of para-hydroxylation sites is 1. The van der Waals surface area contributed by atoms with Gasteiger partial charge < -0.3 is 9.84 Å². The number of rotatable bonds is 8. The molecule has 5 heteroatoms. The lowest BCUT2D eigenvalue weighted by atomic mass is 10.2. The highest BCUT2D eigenvalue weighted by Gasteiger charge is 2.05. The second-order valence-electron chi connectivity index (χ2n) is 4.38. The van der Waals surface area contributed by atoms with Gasteiger partial charge in [0.05, 0.1) is 12.8 Å². The Morgan fingerprint density at radius 2 is 2.20 bits per heavy atom. The molecule has 0 aliphatic carbocycles. The van der Waals surface area contributed by atoms with E-state index in [2.05, 4.69) is 17.5 Å². The van der Waals surface area contributed by atoms with E-state index in [4.69, 9.17) is 4.74 Å². The third kappa shape index (κ3) is 5.30. The molecule has 0 radical (unpaired) electrons. The van der Waals surface area contributed by atoms with Crippen molar-refractivity contribution in [1.29, 1.82) is 0 Å². The van der Waals surface area contributed by atoms with Crippen LogP contribution in [0, 0.1) is 0 Å². The van der Waals surface area contributed by atoms with Gasteiger partial charge in [0.1, 0.15) is 0 Å². The van der Waals surface area contributed by atoms with Crippen molar-refractivity contribution in [3.05, 3.63) is 23.8 Å². The summed E-state index contributed by atoms with van der Waals surface area (Å²) in [6.45, 7) is 4.41. The molecule has 1 amide bonds. The number of amides is 1. The number of phenolic OH excluding ortho intramolecular Hbond substituents is 1. The maximum atomic E-state index is 11.5. The van der Waals surface area contributed by atoms with E-state index in [1.54, 1.807) is 18.2 Å². The van der Waals surface area contributed by atoms with Crippen LogP contribution in [0.5, 0.6) is 11.5 Å². The summed E-state index contributed by atoms with van der Waals surface area (Å²) in [7, 11) is 0. The van der Waals surface area contributed by atoms with Crippen molar-refractivity contribution in [3.8, 4) is 11.5 Å². The average Bonchev–Trinajstić information content (AvgIpc) is 2.43. The molecule has 5 nitrogen and oxygen atoms in total. The maximum Gasteiger partial charge on any atom is 0.240 e. The van der Waals surface area contributed by atoms with Gasteiger partial charge >= 0.3 is 0 Å². The minimum Gasteiger partial charge on any atom is -0.504 e. The zero-order chi connectivity index (χ0) is 14.8. The van der Waals surface area contributed by atoms with E-state index < -0.39 is 0 Å². The van der Waals surface area contributed by atoms with Crippen molar-refractivity contribution in [2.24, 2.45) is 5.10 Å². The molecular weight excluding hydrogens is 256 g/mol. The molecule has 0 aromatic heterocycles. The monoisotopic (exact) mass is 278 g/mol. The van der Waals surface area contributed by atoms with Gasteiger partial charge in [-0.1, -0.05) is 25.8 Å². The third-order valence-corrected chi connectivity index (χ3v) is 2.73. The number of hydrogen-bond donors (Lipinski definition) is 2. The van der Waals surface area contributed by atoms with Crippen LogP contribution >= 0.6 is 0 Å². The molecule has 0 aliphatic rings. The number of benzene rings is 1. The second-order valence-corrected chi connectivity index (χ2v) is 4.38. The molecule has 0 bridgehead atoms. The quantitative estimate of drug-likeness (QED) is 0.436. The van der Waals surface area contributed by atoms with Crippen LogP contribution in [0.3, 0.4) is 0 Å². The van der Waals surface area contributed by atoms with Gasteiger partial charge in [0.25, 0.3) is 0 Å². The molecule has 0 atom stereocenters. The van der Waals surface area contributed by atoms with Crippen LogP contribution in [0.1, 0.15) is 45.1 Å². The first-order valence-electron chi connectivity index (χ1n) is 6.95. The van der Waals surface area contributed by atoms with Crippen LogP contribution in [0.25, 0.3) is 0 Å². The molecule has 2 N–H and O–H groups in total. The van der Waals surface area contributed by atoms with Crippen LogP contribution in [0.15, 0.2) is 23.3 Å². The summed E-state index contributed by atoms with van der Waals surface area (Å²) in [4.78, 5) is 11.5. The first-order chi connectivity index (χ1) is 9.69. The van der Waals surface area contributed by atoms with Gasteiger partial charge in [-0.05, 0) is 25.5 Å². The highest BCUT2D eigenvalue weighted by molar-refractivity contribution is 5.86. The van der Waals surface area contributed by atoms with E-state index in [0.29, 0.717) is 24.3 Å². The van der Waals surface area contributed by atoms with E-state index in [1.165, 1.54) is 6.21 Å². The number of carbonyl (C=O) groups excluding carboxylic acids is 1. The van der Waals surface area contributed by atoms with Crippen LogP contribution in [0.2, 0.25) is 0 Å². The molecule has 0 heterocycles. The normalized spacial score (nSPS) is 10.7. The van der Waals surface area contributed by atoms with Crippen molar-refractivity contribution in [2.45, 2.75) is 39.5 Å². The van der Waals surface area contributed by atoms with Crippen LogP contribution in [-0.4, -0.2) is 23.8 Å². The Morgan fingerprint density at radius 1 is 1.40 bits per heavy atom. The van der Waals surface area contributed by atoms with Crippen LogP contribution < -0.4 is 10.2 Å². The van der Waals surface area contributed by atoms with Crippen LogP contribution in [0.4, 0.5) is 0 Å². The molecule has 1 aromatic rings. The fourth-order valence-corrected chi connectivity index (χ4v) is 1.68. The summed E-state index contributed by atoms with van der Waals surface area (Å²) < 4.78 is 5.27. The minimum absolute atomic E-state index is 0.0262. The van der Waals surface area contributed by atoms with Crippen molar-refractivity contribution in [2.75, 3.05) is 6.61 Å². The maximum absolute atomic E-state index is 11.5. The molecule has 0 saturated carbocycles. The predicted octanol–water partition coefficient (Wildman–Crippen LogP) is 2.82. The molecule has 0 fully saturated rings. The van der Waals surface area contributed by atoms with Gasteiger partial charge in [0.2, 0.25) is 5.91 Å². The lowest BCUT2D eigenvalue weighted by molar-refractivity contribution is -0.121. The molecule has 0 spiro atoms. The van der Waals surface area contributed by atoms with Gasteiger partial charge in [-0.15, -0.1) is 0 Å². The van der Waals surface area contributed by atoms with Gasteiger partial charge in [0, 0.05) is 12.0 Å². The fraction of sp³-hybridized carbons (Fsp3) is 0.467. The van der Waals surface area contributed by atoms with Gasteiger partial charge in [-0.3, -0.25) is 4.79 Å². The van der Waals surface area contributed by atoms with E-state index in [-0.39, 0.29) is 11.7 Å². The topological polar surface area (TPSA) is 70.9 Å². The summed E-state index contributed by atoms with van der Waals surface area (Å²) in [6.07, 6.45) is 4.86. The number of phenols is 1. The van der Waals surface area contributed by atoms with Gasteiger partial charge in [-0.25, -0.2) is 5.43 Å². The molecule has 20 heavy (non-hydrogen) atoms. The number of nitrogens with one attached hydrogen (secondary N) is 1. The Balaban J connectivity index is 2.53. The number of unbranched alkanes of at least 4 members (excludes halogenated alkanes) is 2. The zero-order valence-corrected chi connectivity index (χ0v) is 12.1. The Kier molecular flexibility index (Phi) is 7.17. The SMILES string of the molecule is CCCCCC(=O)N/N=C/c1cccc(OCC)c1O. The summed E-state index contributed by atoms with van der Waals surface area (Å²) in [5.74, 6) is 0.319. The van der Waals surface area contributed by atoms with Crippen LogP contribution in [-0.2, 0) is 4.79 Å². The molecule has 1 aromatic carbocycles. The molecule has 0 unspecified atom stereocenters. The third-order valence-electron chi connectivity index (χ3n) is 2.73. The van der Waals surface area contributed by atoms with E-state index >= 15 is 0 Å². The number of hydrazone groups is 1. The molecule has 1 rings (SSSR count).